The molecule has 0 spiro atoms. The molecule has 3 heteroatoms. The quantitative estimate of drug-likeness (QED) is 0.138. The fourth-order valence-corrected chi connectivity index (χ4v) is 18.3. The standard InChI is InChI=1S/2C15H19.C13H10.2ClH.Zr/c2*1-2-3-4-5-8-13-11-14-9-6-7-10-15(14)12-13;1-3-7-12(8-4-1)11-13-9-5-2-6-10-13;;;/h2*6-7,9-12H,2-5,8H2,1H3;1-10H;2*1H;/q;;;;;+2/p-2. The third-order valence-electron chi connectivity index (χ3n) is 9.71. The van der Waals surface area contributed by atoms with Gasteiger partial charge in [0.2, 0.25) is 0 Å². The average molecular weight is 727 g/mol. The van der Waals surface area contributed by atoms with Crippen LogP contribution < -0.4 is 24.8 Å². The zero-order valence-electron chi connectivity index (χ0n) is 27.5. The Balaban J connectivity index is 0.00000240. The number of hydrogen-bond donors (Lipinski definition) is 0. The van der Waals surface area contributed by atoms with Crippen LogP contribution in [0.25, 0.3) is 12.2 Å². The van der Waals surface area contributed by atoms with Crippen LogP contribution in [0.4, 0.5) is 0 Å². The van der Waals surface area contributed by atoms with Gasteiger partial charge in [-0.15, -0.1) is 0 Å². The number of rotatable bonds is 14. The van der Waals surface area contributed by atoms with Gasteiger partial charge < -0.3 is 24.8 Å². The molecule has 46 heavy (non-hydrogen) atoms. The number of fused-ring (bicyclic) bond motifs is 2. The molecule has 0 aromatic heterocycles. The van der Waals surface area contributed by atoms with Crippen molar-refractivity contribution in [2.75, 3.05) is 0 Å². The van der Waals surface area contributed by atoms with Crippen molar-refractivity contribution in [1.82, 2.24) is 0 Å². The largest absolute Gasteiger partial charge is 1.00 e. The molecule has 0 amide bonds. The number of hydrogen-bond acceptors (Lipinski definition) is 0. The Hall–Kier alpha value is -2.31. The van der Waals surface area contributed by atoms with Crippen molar-refractivity contribution in [3.8, 4) is 0 Å². The van der Waals surface area contributed by atoms with Crippen molar-refractivity contribution in [1.29, 1.82) is 0 Å². The van der Waals surface area contributed by atoms with E-state index in [0.717, 1.165) is 0 Å². The molecule has 0 nitrogen and oxygen atoms in total. The molecule has 238 valence electrons. The minimum atomic E-state index is -2.72. The Morgan fingerprint density at radius 3 is 1.28 bits per heavy atom. The van der Waals surface area contributed by atoms with Crippen LogP contribution in [0.2, 0.25) is 0 Å². The van der Waals surface area contributed by atoms with E-state index in [0.29, 0.717) is 7.25 Å². The summed E-state index contributed by atoms with van der Waals surface area (Å²) in [6.45, 7) is 4.65. The monoisotopic (exact) mass is 724 g/mol. The van der Waals surface area contributed by atoms with Crippen LogP contribution in [0.1, 0.15) is 119 Å². The van der Waals surface area contributed by atoms with Crippen molar-refractivity contribution < 1.29 is 46.1 Å². The van der Waals surface area contributed by atoms with Gasteiger partial charge in [-0.3, -0.25) is 0 Å². The van der Waals surface area contributed by atoms with E-state index < -0.39 is 21.3 Å². The molecule has 2 aliphatic rings. The van der Waals surface area contributed by atoms with Crippen LogP contribution in [0, 0.1) is 0 Å². The van der Waals surface area contributed by atoms with Crippen molar-refractivity contribution in [2.24, 2.45) is 0 Å². The van der Waals surface area contributed by atoms with E-state index in [9.17, 15) is 0 Å². The molecule has 2 aliphatic carbocycles. The molecule has 0 saturated heterocycles. The zero-order chi connectivity index (χ0) is 30.1. The van der Waals surface area contributed by atoms with Gasteiger partial charge >= 0.3 is 276 Å². The Morgan fingerprint density at radius 1 is 0.478 bits per heavy atom. The van der Waals surface area contributed by atoms with E-state index in [-0.39, 0.29) is 24.8 Å². The molecule has 2 unspecified atom stereocenters. The Morgan fingerprint density at radius 2 is 0.870 bits per heavy atom. The summed E-state index contributed by atoms with van der Waals surface area (Å²) in [6.07, 6.45) is 18.2. The first-order chi connectivity index (χ1) is 21.8. The first-order valence-corrected chi connectivity index (χ1v) is 21.3. The summed E-state index contributed by atoms with van der Waals surface area (Å²) in [7, 11) is 0. The van der Waals surface area contributed by atoms with Gasteiger partial charge in [-0.05, 0) is 0 Å². The summed E-state index contributed by atoms with van der Waals surface area (Å²) in [6, 6.07) is 41.8. The number of halogens is 2. The second-order valence-electron chi connectivity index (χ2n) is 12.7. The minimum absolute atomic E-state index is 0. The van der Waals surface area contributed by atoms with Crippen LogP contribution >= 0.6 is 0 Å². The van der Waals surface area contributed by atoms with Crippen LogP contribution in [0.15, 0.2) is 120 Å². The van der Waals surface area contributed by atoms with Gasteiger partial charge in [-0.1, -0.05) is 0 Å². The Kier molecular flexibility index (Phi) is 14.5. The average Bonchev–Trinajstić information content (AvgIpc) is 3.62. The topological polar surface area (TPSA) is 0 Å². The normalized spacial score (nSPS) is 15.8. The van der Waals surface area contributed by atoms with Crippen molar-refractivity contribution >= 4 is 15.4 Å². The SMILES string of the molecule is CCCCCCC1=Cc2ccccc2[CH]1[Zr+2](=[C](c1ccccc1)c1ccccc1)[CH]1C(CCCCCC)=Cc2ccccc21.[Cl-].[Cl-]. The predicted octanol–water partition coefficient (Wildman–Crippen LogP) is 6.10. The second kappa shape index (κ2) is 18.3. The van der Waals surface area contributed by atoms with E-state index in [1.165, 1.54) is 86.5 Å². The summed E-state index contributed by atoms with van der Waals surface area (Å²) in [5.41, 5.74) is 12.5. The molecule has 0 aliphatic heterocycles. The Bertz CT molecular complexity index is 1510. The Labute approximate surface area is 298 Å². The summed E-state index contributed by atoms with van der Waals surface area (Å²) in [4.78, 5) is 0. The van der Waals surface area contributed by atoms with E-state index in [1.807, 2.05) is 0 Å². The number of benzene rings is 4. The predicted molar refractivity (Wildman–Crippen MR) is 188 cm³/mol. The molecule has 0 N–H and O–H groups in total. The molecular weight excluding hydrogens is 679 g/mol. The fraction of sp³-hybridized carbons (Fsp3) is 0.326. The summed E-state index contributed by atoms with van der Waals surface area (Å²) >= 11 is -2.72. The van der Waals surface area contributed by atoms with Crippen molar-refractivity contribution in [3.05, 3.63) is 154 Å². The molecule has 0 radical (unpaired) electrons. The number of unbranched alkanes of at least 4 members (excludes halogenated alkanes) is 6. The molecule has 4 aromatic rings. The van der Waals surface area contributed by atoms with Gasteiger partial charge in [0.25, 0.3) is 0 Å². The maximum atomic E-state index is 2.62. The molecule has 0 fully saturated rings. The van der Waals surface area contributed by atoms with Crippen LogP contribution in [0.3, 0.4) is 0 Å². The molecular formula is C43H48Cl2Zr. The van der Waals surface area contributed by atoms with E-state index in [1.54, 1.807) is 25.5 Å². The molecule has 6 rings (SSSR count). The minimum Gasteiger partial charge on any atom is -1.00 e. The first kappa shape index (κ1) is 36.5. The smallest absolute Gasteiger partial charge is 1.00 e. The van der Waals surface area contributed by atoms with Gasteiger partial charge in [0.15, 0.2) is 0 Å². The van der Waals surface area contributed by atoms with Gasteiger partial charge in [-0.25, -0.2) is 0 Å². The van der Waals surface area contributed by atoms with E-state index in [4.69, 9.17) is 0 Å². The van der Waals surface area contributed by atoms with Crippen molar-refractivity contribution in [3.63, 3.8) is 0 Å². The van der Waals surface area contributed by atoms with Gasteiger partial charge in [-0.2, -0.15) is 0 Å². The fourth-order valence-electron chi connectivity index (χ4n) is 7.62. The van der Waals surface area contributed by atoms with Crippen LogP contribution in [0.5, 0.6) is 0 Å². The van der Waals surface area contributed by atoms with Crippen molar-refractivity contribution in [2.45, 2.75) is 85.3 Å². The second-order valence-corrected chi connectivity index (χ2v) is 19.1. The summed E-state index contributed by atoms with van der Waals surface area (Å²) < 4.78 is 2.78. The summed E-state index contributed by atoms with van der Waals surface area (Å²) in [5, 5.41) is 0. The summed E-state index contributed by atoms with van der Waals surface area (Å²) in [5.74, 6) is 0. The molecule has 2 atom stereocenters. The maximum absolute atomic E-state index is 2.72. The van der Waals surface area contributed by atoms with Gasteiger partial charge in [0.05, 0.1) is 0 Å². The molecule has 0 saturated carbocycles. The first-order valence-electron chi connectivity index (χ1n) is 17.2. The maximum Gasteiger partial charge on any atom is -1.00 e. The van der Waals surface area contributed by atoms with Gasteiger partial charge in [0, 0.05) is 0 Å². The van der Waals surface area contributed by atoms with E-state index in [2.05, 4.69) is 135 Å². The van der Waals surface area contributed by atoms with Gasteiger partial charge in [0.1, 0.15) is 0 Å². The number of allylic oxidation sites excluding steroid dienone is 2. The van der Waals surface area contributed by atoms with Crippen LogP contribution in [-0.2, 0) is 21.3 Å². The molecule has 4 aromatic carbocycles. The van der Waals surface area contributed by atoms with Crippen LogP contribution in [-0.4, -0.2) is 3.21 Å². The third kappa shape index (κ3) is 8.21. The molecule has 0 bridgehead atoms. The zero-order valence-corrected chi connectivity index (χ0v) is 31.5. The van der Waals surface area contributed by atoms with E-state index >= 15 is 0 Å². The third-order valence-corrected chi connectivity index (χ3v) is 19.0. The molecule has 0 heterocycles.